The van der Waals surface area contributed by atoms with Crippen molar-refractivity contribution >= 4 is 40.1 Å². The van der Waals surface area contributed by atoms with Gasteiger partial charge in [0.25, 0.3) is 5.56 Å². The lowest BCUT2D eigenvalue weighted by Crippen LogP contribution is -2.26. The molecule has 0 saturated carbocycles. The second-order valence-electron chi connectivity index (χ2n) is 9.83. The normalized spacial score (nSPS) is 11.5. The van der Waals surface area contributed by atoms with Crippen molar-refractivity contribution in [2.45, 2.75) is 32.9 Å². The number of pyridine rings is 1. The number of carbonyl (C=O) groups is 2. The number of H-pyrrole nitrogens is 1. The summed E-state index contributed by atoms with van der Waals surface area (Å²) in [6.45, 7) is 5.20. The molecule has 39 heavy (non-hydrogen) atoms. The Morgan fingerprint density at radius 3 is 2.62 bits per heavy atom. The lowest BCUT2D eigenvalue weighted by molar-refractivity contribution is -0.116. The van der Waals surface area contributed by atoms with Crippen molar-refractivity contribution in [3.05, 3.63) is 88.2 Å². The number of amides is 1. The van der Waals surface area contributed by atoms with Crippen LogP contribution in [0.2, 0.25) is 5.02 Å². The van der Waals surface area contributed by atoms with E-state index in [4.69, 9.17) is 16.3 Å². The summed E-state index contributed by atoms with van der Waals surface area (Å²) in [7, 11) is 0. The highest BCUT2D eigenvalue weighted by molar-refractivity contribution is 6.31. The first-order chi connectivity index (χ1) is 18.6. The maximum atomic E-state index is 12.9. The first-order valence-corrected chi connectivity index (χ1v) is 12.3. The summed E-state index contributed by atoms with van der Waals surface area (Å²) >= 11 is 6.20. The average molecular weight is 546 g/mol. The van der Waals surface area contributed by atoms with Gasteiger partial charge in [-0.2, -0.15) is 4.68 Å². The maximum Gasteiger partial charge on any atom is 0.355 e. The van der Waals surface area contributed by atoms with E-state index in [9.17, 15) is 14.4 Å². The highest BCUT2D eigenvalue weighted by Crippen LogP contribution is 2.28. The molecule has 1 amide bonds. The molecule has 5 rings (SSSR count). The largest absolute Gasteiger partial charge is 0.455 e. The van der Waals surface area contributed by atoms with Gasteiger partial charge in [0.15, 0.2) is 0 Å². The molecule has 0 atom stereocenters. The molecule has 198 valence electrons. The molecule has 2 N–H and O–H groups in total. The Kier molecular flexibility index (Phi) is 6.75. The zero-order valence-electron chi connectivity index (χ0n) is 21.3. The van der Waals surface area contributed by atoms with Crippen molar-refractivity contribution < 1.29 is 14.3 Å². The number of tetrazole rings is 1. The first-order valence-electron chi connectivity index (χ1n) is 12.0. The molecular weight excluding hydrogens is 522 g/mol. The standard InChI is InChI=1S/C27H24ClN7O4/c1-27(2,3)39-26(38)22-11-17-10-19(5-6-21(17)31-22)30-24(36)14-34-9-8-16(12-25(34)37)20-13-18(28)4-7-23(20)35-15-29-32-33-35/h4-13,15,31H,14H2,1-3H3,(H,30,36). The number of hydrogen-bond donors (Lipinski definition) is 2. The predicted octanol–water partition coefficient (Wildman–Crippen LogP) is 4.22. The third-order valence-corrected chi connectivity index (χ3v) is 5.93. The van der Waals surface area contributed by atoms with E-state index in [2.05, 4.69) is 25.8 Å². The zero-order chi connectivity index (χ0) is 27.7. The number of nitrogens with one attached hydrogen (secondary N) is 2. The minimum absolute atomic E-state index is 0.192. The van der Waals surface area contributed by atoms with E-state index in [-0.39, 0.29) is 18.0 Å². The van der Waals surface area contributed by atoms with Crippen LogP contribution < -0.4 is 10.9 Å². The van der Waals surface area contributed by atoms with Crippen LogP contribution in [0, 0.1) is 0 Å². The number of benzene rings is 2. The molecular formula is C27H24ClN7O4. The third kappa shape index (κ3) is 5.88. The summed E-state index contributed by atoms with van der Waals surface area (Å²) in [4.78, 5) is 41.0. The Bertz CT molecular complexity index is 1750. The Morgan fingerprint density at radius 2 is 1.90 bits per heavy atom. The van der Waals surface area contributed by atoms with Gasteiger partial charge >= 0.3 is 5.97 Å². The van der Waals surface area contributed by atoms with Gasteiger partial charge in [0, 0.05) is 39.4 Å². The van der Waals surface area contributed by atoms with E-state index in [0.717, 1.165) is 10.9 Å². The molecule has 0 aliphatic carbocycles. The number of fused-ring (bicyclic) bond motifs is 1. The van der Waals surface area contributed by atoms with Crippen molar-refractivity contribution in [1.82, 2.24) is 29.8 Å². The molecule has 11 nitrogen and oxygen atoms in total. The Hall–Kier alpha value is -4.77. The molecule has 0 aliphatic rings. The van der Waals surface area contributed by atoms with E-state index in [0.29, 0.717) is 33.2 Å². The van der Waals surface area contributed by atoms with Crippen LogP contribution >= 0.6 is 11.6 Å². The third-order valence-electron chi connectivity index (χ3n) is 5.70. The van der Waals surface area contributed by atoms with Crippen LogP contribution in [0.1, 0.15) is 31.3 Å². The fourth-order valence-corrected chi connectivity index (χ4v) is 4.20. The van der Waals surface area contributed by atoms with Crippen LogP contribution in [-0.2, 0) is 16.1 Å². The fourth-order valence-electron chi connectivity index (χ4n) is 4.03. The van der Waals surface area contributed by atoms with Crippen molar-refractivity contribution in [1.29, 1.82) is 0 Å². The van der Waals surface area contributed by atoms with E-state index < -0.39 is 11.6 Å². The van der Waals surface area contributed by atoms with Crippen LogP contribution in [0.25, 0.3) is 27.7 Å². The highest BCUT2D eigenvalue weighted by atomic mass is 35.5. The van der Waals surface area contributed by atoms with E-state index in [1.807, 2.05) is 0 Å². The van der Waals surface area contributed by atoms with Crippen LogP contribution in [0.15, 0.2) is 71.9 Å². The molecule has 3 heterocycles. The minimum Gasteiger partial charge on any atom is -0.455 e. The monoisotopic (exact) mass is 545 g/mol. The van der Waals surface area contributed by atoms with E-state index in [1.165, 1.54) is 21.6 Å². The van der Waals surface area contributed by atoms with Crippen molar-refractivity contribution in [3.63, 3.8) is 0 Å². The predicted molar refractivity (Wildman–Crippen MR) is 146 cm³/mol. The second-order valence-corrected chi connectivity index (χ2v) is 10.3. The number of rotatable bonds is 6. The molecule has 12 heteroatoms. The highest BCUT2D eigenvalue weighted by Gasteiger charge is 2.19. The lowest BCUT2D eigenvalue weighted by Gasteiger charge is -2.18. The van der Waals surface area contributed by atoms with Crippen LogP contribution in [0.3, 0.4) is 0 Å². The number of ether oxygens (including phenoxy) is 1. The fraction of sp³-hybridized carbons (Fsp3) is 0.185. The summed E-state index contributed by atoms with van der Waals surface area (Å²) in [5, 5.41) is 15.3. The summed E-state index contributed by atoms with van der Waals surface area (Å²) in [6, 6.07) is 15.2. The molecule has 0 spiro atoms. The van der Waals surface area contributed by atoms with Crippen LogP contribution in [0.5, 0.6) is 0 Å². The van der Waals surface area contributed by atoms with Crippen LogP contribution in [-0.4, -0.2) is 47.2 Å². The smallest absolute Gasteiger partial charge is 0.355 e. The van der Waals surface area contributed by atoms with Gasteiger partial charge in [-0.3, -0.25) is 9.59 Å². The average Bonchev–Trinajstić information content (AvgIpc) is 3.54. The van der Waals surface area contributed by atoms with Gasteiger partial charge < -0.3 is 19.6 Å². The number of hydrogen-bond acceptors (Lipinski definition) is 7. The topological polar surface area (TPSA) is 137 Å². The number of aromatic amines is 1. The number of anilines is 1. The van der Waals surface area contributed by atoms with Crippen molar-refractivity contribution in [3.8, 4) is 16.8 Å². The molecule has 0 radical (unpaired) electrons. The SMILES string of the molecule is CC(C)(C)OC(=O)c1cc2cc(NC(=O)Cn3ccc(-c4cc(Cl)ccc4-n4cnnn4)cc3=O)ccc2[nH]1. The van der Waals surface area contributed by atoms with E-state index in [1.54, 1.807) is 75.5 Å². The molecule has 0 aliphatic heterocycles. The number of carbonyl (C=O) groups excluding carboxylic acids is 2. The Labute approximate surface area is 227 Å². The van der Waals surface area contributed by atoms with Gasteiger partial charge in [-0.1, -0.05) is 11.6 Å². The molecule has 0 bridgehead atoms. The molecule has 0 unspecified atom stereocenters. The summed E-state index contributed by atoms with van der Waals surface area (Å²) in [5.41, 5.74) is 2.49. The number of esters is 1. The van der Waals surface area contributed by atoms with Gasteiger partial charge in [0.2, 0.25) is 5.91 Å². The maximum absolute atomic E-state index is 12.9. The second kappa shape index (κ2) is 10.2. The molecule has 2 aromatic carbocycles. The Morgan fingerprint density at radius 1 is 1.08 bits per heavy atom. The summed E-state index contributed by atoms with van der Waals surface area (Å²) in [5.74, 6) is -0.848. The number of nitrogens with zero attached hydrogens (tertiary/aromatic N) is 5. The van der Waals surface area contributed by atoms with Gasteiger partial charge in [0.05, 0.1) is 5.69 Å². The Balaban J connectivity index is 1.31. The van der Waals surface area contributed by atoms with Gasteiger partial charge in [0.1, 0.15) is 24.2 Å². The summed E-state index contributed by atoms with van der Waals surface area (Å²) < 4.78 is 8.18. The van der Waals surface area contributed by atoms with Crippen molar-refractivity contribution in [2.75, 3.05) is 5.32 Å². The van der Waals surface area contributed by atoms with Crippen LogP contribution in [0.4, 0.5) is 5.69 Å². The lowest BCUT2D eigenvalue weighted by atomic mass is 10.0. The molecule has 0 fully saturated rings. The quantitative estimate of drug-likeness (QED) is 0.305. The number of aromatic nitrogens is 6. The molecule has 3 aromatic heterocycles. The molecule has 0 saturated heterocycles. The van der Waals surface area contributed by atoms with Crippen molar-refractivity contribution in [2.24, 2.45) is 0 Å². The summed E-state index contributed by atoms with van der Waals surface area (Å²) in [6.07, 6.45) is 2.99. The molecule has 5 aromatic rings. The van der Waals surface area contributed by atoms with Gasteiger partial charge in [-0.25, -0.2) is 4.79 Å². The minimum atomic E-state index is -0.616. The first kappa shape index (κ1) is 25.9. The van der Waals surface area contributed by atoms with Gasteiger partial charge in [-0.05, 0) is 85.3 Å². The zero-order valence-corrected chi connectivity index (χ0v) is 22.1. The number of halogens is 1. The van der Waals surface area contributed by atoms with Gasteiger partial charge in [-0.15, -0.1) is 5.10 Å². The van der Waals surface area contributed by atoms with E-state index >= 15 is 0 Å².